The van der Waals surface area contributed by atoms with Gasteiger partial charge in [-0.05, 0) is 47.2 Å². The standard InChI is InChI=1S/C28H18N2O2S/c31-27-24(17-23-22-14-8-7-9-19(22)15-16-26(23)32-27)25-18-33-28(29-20-10-3-1-4-11-20)30(25)21-12-5-2-6-13-21/h1-18H. The van der Waals surface area contributed by atoms with Crippen molar-refractivity contribution in [3.8, 4) is 16.9 Å². The van der Waals surface area contributed by atoms with E-state index in [2.05, 4.69) is 12.1 Å². The van der Waals surface area contributed by atoms with Crippen molar-refractivity contribution in [2.75, 3.05) is 0 Å². The van der Waals surface area contributed by atoms with Crippen LogP contribution in [0.25, 0.3) is 38.7 Å². The molecule has 6 aromatic rings. The van der Waals surface area contributed by atoms with Gasteiger partial charge < -0.3 is 4.42 Å². The number of hydrogen-bond acceptors (Lipinski definition) is 4. The Hall–Kier alpha value is -4.22. The maximum Gasteiger partial charge on any atom is 0.345 e. The molecule has 0 N–H and O–H groups in total. The Balaban J connectivity index is 1.66. The molecule has 0 unspecified atom stereocenters. The largest absolute Gasteiger partial charge is 0.422 e. The summed E-state index contributed by atoms with van der Waals surface area (Å²) in [4.78, 5) is 18.7. The van der Waals surface area contributed by atoms with Gasteiger partial charge >= 0.3 is 5.63 Å². The molecule has 4 nitrogen and oxygen atoms in total. The molecule has 0 saturated heterocycles. The van der Waals surface area contributed by atoms with Crippen LogP contribution in [0.3, 0.4) is 0 Å². The van der Waals surface area contributed by atoms with E-state index in [-0.39, 0.29) is 5.63 Å². The van der Waals surface area contributed by atoms with E-state index in [4.69, 9.17) is 9.41 Å². The molecule has 0 aliphatic heterocycles. The fourth-order valence-electron chi connectivity index (χ4n) is 4.07. The molecule has 0 saturated carbocycles. The zero-order chi connectivity index (χ0) is 22.2. The van der Waals surface area contributed by atoms with E-state index in [0.717, 1.165) is 38.0 Å². The van der Waals surface area contributed by atoms with Crippen molar-refractivity contribution in [2.45, 2.75) is 0 Å². The van der Waals surface area contributed by atoms with Gasteiger partial charge in [0.2, 0.25) is 0 Å². The summed E-state index contributed by atoms with van der Waals surface area (Å²) in [5, 5.41) is 5.04. The number of aromatic nitrogens is 1. The minimum atomic E-state index is -0.369. The summed E-state index contributed by atoms with van der Waals surface area (Å²) in [5.74, 6) is 0. The zero-order valence-corrected chi connectivity index (χ0v) is 18.3. The Morgan fingerprint density at radius 1 is 0.758 bits per heavy atom. The number of para-hydroxylation sites is 2. The van der Waals surface area contributed by atoms with Gasteiger partial charge in [-0.2, -0.15) is 0 Å². The smallest absolute Gasteiger partial charge is 0.345 e. The number of hydrogen-bond donors (Lipinski definition) is 0. The average molecular weight is 447 g/mol. The van der Waals surface area contributed by atoms with E-state index < -0.39 is 0 Å². The summed E-state index contributed by atoms with van der Waals surface area (Å²) in [6.45, 7) is 0. The van der Waals surface area contributed by atoms with Crippen molar-refractivity contribution in [2.24, 2.45) is 4.99 Å². The summed E-state index contributed by atoms with van der Waals surface area (Å²) in [6.07, 6.45) is 0. The molecule has 4 aromatic carbocycles. The Bertz CT molecular complexity index is 1730. The number of rotatable bonds is 3. The Labute approximate surface area is 193 Å². The van der Waals surface area contributed by atoms with Crippen LogP contribution >= 0.6 is 11.3 Å². The number of thiazole rings is 1. The highest BCUT2D eigenvalue weighted by molar-refractivity contribution is 7.07. The third-order valence-corrected chi connectivity index (χ3v) is 6.45. The van der Waals surface area contributed by atoms with Crippen LogP contribution in [0.5, 0.6) is 0 Å². The van der Waals surface area contributed by atoms with Crippen LogP contribution in [0.15, 0.2) is 123 Å². The van der Waals surface area contributed by atoms with Crippen molar-refractivity contribution < 1.29 is 4.42 Å². The molecule has 0 aliphatic rings. The molecule has 5 heteroatoms. The Morgan fingerprint density at radius 2 is 1.48 bits per heavy atom. The van der Waals surface area contributed by atoms with Crippen LogP contribution in [0, 0.1) is 0 Å². The van der Waals surface area contributed by atoms with Crippen LogP contribution in [0.4, 0.5) is 5.69 Å². The number of benzene rings is 4. The summed E-state index contributed by atoms with van der Waals surface area (Å²) in [5.41, 5.74) is 3.26. The van der Waals surface area contributed by atoms with E-state index in [1.54, 1.807) is 0 Å². The maximum atomic E-state index is 13.1. The first-order valence-corrected chi connectivity index (χ1v) is 11.5. The quantitative estimate of drug-likeness (QED) is 0.224. The van der Waals surface area contributed by atoms with Gasteiger partial charge in [0.15, 0.2) is 4.80 Å². The SMILES string of the molecule is O=c1oc2ccc3ccccc3c2cc1-c1csc(=Nc2ccccc2)n1-c1ccccc1. The van der Waals surface area contributed by atoms with Crippen molar-refractivity contribution >= 4 is 38.8 Å². The predicted octanol–water partition coefficient (Wildman–Crippen LogP) is 6.70. The van der Waals surface area contributed by atoms with E-state index in [9.17, 15) is 4.79 Å². The molecule has 0 fully saturated rings. The molecule has 0 aliphatic carbocycles. The Kier molecular flexibility index (Phi) is 4.74. The van der Waals surface area contributed by atoms with Gasteiger partial charge in [0.25, 0.3) is 0 Å². The first-order chi connectivity index (χ1) is 16.3. The van der Waals surface area contributed by atoms with Crippen LogP contribution in [0.1, 0.15) is 0 Å². The van der Waals surface area contributed by atoms with Crippen molar-refractivity contribution in [1.82, 2.24) is 4.57 Å². The van der Waals surface area contributed by atoms with Crippen molar-refractivity contribution in [3.63, 3.8) is 0 Å². The second-order valence-electron chi connectivity index (χ2n) is 7.67. The molecule has 0 spiro atoms. The highest BCUT2D eigenvalue weighted by atomic mass is 32.1. The normalized spacial score (nSPS) is 11.9. The van der Waals surface area contributed by atoms with Crippen molar-refractivity contribution in [3.05, 3.63) is 124 Å². The summed E-state index contributed by atoms with van der Waals surface area (Å²) >= 11 is 1.49. The lowest BCUT2D eigenvalue weighted by Crippen LogP contribution is -2.16. The molecule has 33 heavy (non-hydrogen) atoms. The van der Waals surface area contributed by atoms with Gasteiger partial charge in [0.1, 0.15) is 5.58 Å². The molecule has 0 atom stereocenters. The molecular formula is C28H18N2O2S. The lowest BCUT2D eigenvalue weighted by atomic mass is 10.0. The predicted molar refractivity (Wildman–Crippen MR) is 134 cm³/mol. The van der Waals surface area contributed by atoms with E-state index >= 15 is 0 Å². The zero-order valence-electron chi connectivity index (χ0n) is 17.5. The van der Waals surface area contributed by atoms with E-state index in [1.165, 1.54) is 11.3 Å². The third-order valence-electron chi connectivity index (χ3n) is 5.62. The summed E-state index contributed by atoms with van der Waals surface area (Å²) in [7, 11) is 0. The fraction of sp³-hybridized carbons (Fsp3) is 0. The minimum Gasteiger partial charge on any atom is -0.422 e. The lowest BCUT2D eigenvalue weighted by Gasteiger charge is -2.10. The fourth-order valence-corrected chi connectivity index (χ4v) is 4.98. The average Bonchev–Trinajstić information content (AvgIpc) is 3.27. The van der Waals surface area contributed by atoms with E-state index in [0.29, 0.717) is 11.1 Å². The summed E-state index contributed by atoms with van der Waals surface area (Å²) in [6, 6.07) is 33.7. The first kappa shape index (κ1) is 19.5. The van der Waals surface area contributed by atoms with Crippen molar-refractivity contribution in [1.29, 1.82) is 0 Å². The second kappa shape index (κ2) is 8.04. The monoisotopic (exact) mass is 446 g/mol. The minimum absolute atomic E-state index is 0.369. The highest BCUT2D eigenvalue weighted by Gasteiger charge is 2.16. The van der Waals surface area contributed by atoms with Gasteiger partial charge in [-0.25, -0.2) is 9.79 Å². The molecule has 6 rings (SSSR count). The number of nitrogens with zero attached hydrogens (tertiary/aromatic N) is 2. The van der Waals surface area contributed by atoms with Gasteiger partial charge in [0.05, 0.1) is 16.9 Å². The van der Waals surface area contributed by atoms with Gasteiger partial charge in [-0.1, -0.05) is 66.7 Å². The highest BCUT2D eigenvalue weighted by Crippen LogP contribution is 2.29. The summed E-state index contributed by atoms with van der Waals surface area (Å²) < 4.78 is 7.79. The van der Waals surface area contributed by atoms with Crippen LogP contribution < -0.4 is 10.4 Å². The molecule has 158 valence electrons. The second-order valence-corrected chi connectivity index (χ2v) is 8.50. The molecule has 2 aromatic heterocycles. The molecule has 0 amide bonds. The Morgan fingerprint density at radius 3 is 2.30 bits per heavy atom. The van der Waals surface area contributed by atoms with Crippen LogP contribution in [-0.4, -0.2) is 4.57 Å². The van der Waals surface area contributed by atoms with Gasteiger partial charge in [0, 0.05) is 16.5 Å². The first-order valence-electron chi connectivity index (χ1n) is 10.6. The molecule has 2 heterocycles. The number of fused-ring (bicyclic) bond motifs is 3. The van der Waals surface area contributed by atoms with E-state index in [1.807, 2.05) is 101 Å². The maximum absolute atomic E-state index is 13.1. The third kappa shape index (κ3) is 3.49. The van der Waals surface area contributed by atoms with Crippen LogP contribution in [0.2, 0.25) is 0 Å². The van der Waals surface area contributed by atoms with Crippen LogP contribution in [-0.2, 0) is 0 Å². The lowest BCUT2D eigenvalue weighted by molar-refractivity contribution is 0.563. The molecule has 0 bridgehead atoms. The topological polar surface area (TPSA) is 47.5 Å². The molecule has 0 radical (unpaired) electrons. The molecular weight excluding hydrogens is 428 g/mol. The van der Waals surface area contributed by atoms with Gasteiger partial charge in [-0.15, -0.1) is 11.3 Å². The van der Waals surface area contributed by atoms with Gasteiger partial charge in [-0.3, -0.25) is 4.57 Å².